The van der Waals surface area contributed by atoms with Crippen molar-refractivity contribution in [3.63, 3.8) is 0 Å². The zero-order valence-electron chi connectivity index (χ0n) is 16.4. The Hall–Kier alpha value is -3.36. The molecule has 2 nitrogen and oxygen atoms in total. The highest BCUT2D eigenvalue weighted by Crippen LogP contribution is 2.43. The fourth-order valence-electron chi connectivity index (χ4n) is 3.80. The number of phenolic OH excluding ortho intramolecular Hbond substituents is 1. The summed E-state index contributed by atoms with van der Waals surface area (Å²) >= 11 is 0. The summed E-state index contributed by atoms with van der Waals surface area (Å²) in [5, 5.41) is 9.66. The minimum atomic E-state index is -0.763. The van der Waals surface area contributed by atoms with Gasteiger partial charge in [-0.25, -0.2) is 0 Å². The van der Waals surface area contributed by atoms with Crippen molar-refractivity contribution in [1.82, 2.24) is 0 Å². The van der Waals surface area contributed by atoms with Gasteiger partial charge in [0.05, 0.1) is 6.10 Å². The van der Waals surface area contributed by atoms with Crippen molar-refractivity contribution in [3.05, 3.63) is 138 Å². The van der Waals surface area contributed by atoms with E-state index in [-0.39, 0.29) is 11.9 Å². The van der Waals surface area contributed by atoms with Crippen LogP contribution in [0, 0.1) is 0 Å². The van der Waals surface area contributed by atoms with Crippen molar-refractivity contribution in [2.75, 3.05) is 0 Å². The Bertz CT molecular complexity index is 929. The first-order valence-corrected chi connectivity index (χ1v) is 9.83. The van der Waals surface area contributed by atoms with Crippen molar-refractivity contribution < 1.29 is 9.84 Å². The summed E-state index contributed by atoms with van der Waals surface area (Å²) < 4.78 is 6.94. The largest absolute Gasteiger partial charge is 0.508 e. The van der Waals surface area contributed by atoms with Crippen molar-refractivity contribution in [2.45, 2.75) is 18.6 Å². The molecule has 0 amide bonds. The second-order valence-electron chi connectivity index (χ2n) is 7.13. The van der Waals surface area contributed by atoms with E-state index in [2.05, 4.69) is 43.3 Å². The van der Waals surface area contributed by atoms with Crippen LogP contribution >= 0.6 is 0 Å². The lowest BCUT2D eigenvalue weighted by molar-refractivity contribution is -0.0402. The molecule has 0 radical (unpaired) electrons. The Morgan fingerprint density at radius 2 is 0.966 bits per heavy atom. The third kappa shape index (κ3) is 3.80. The smallest absolute Gasteiger partial charge is 0.144 e. The Morgan fingerprint density at radius 1 is 0.586 bits per heavy atom. The molecule has 1 unspecified atom stereocenters. The molecule has 0 saturated heterocycles. The van der Waals surface area contributed by atoms with Crippen LogP contribution in [-0.2, 0) is 10.3 Å². The zero-order valence-corrected chi connectivity index (χ0v) is 16.4. The molecular weight excluding hydrogens is 356 g/mol. The van der Waals surface area contributed by atoms with Crippen molar-refractivity contribution in [1.29, 1.82) is 0 Å². The molecular formula is C27H24O2. The van der Waals surface area contributed by atoms with E-state index in [9.17, 15) is 5.11 Å². The van der Waals surface area contributed by atoms with E-state index < -0.39 is 5.60 Å². The van der Waals surface area contributed by atoms with Crippen molar-refractivity contribution in [2.24, 2.45) is 0 Å². The van der Waals surface area contributed by atoms with Crippen LogP contribution in [0.4, 0.5) is 0 Å². The molecule has 4 rings (SSSR count). The normalized spacial score (nSPS) is 12.4. The van der Waals surface area contributed by atoms with Crippen LogP contribution in [0.25, 0.3) is 0 Å². The van der Waals surface area contributed by atoms with Crippen molar-refractivity contribution >= 4 is 0 Å². The highest BCUT2D eigenvalue weighted by atomic mass is 16.5. The van der Waals surface area contributed by atoms with Gasteiger partial charge in [0.2, 0.25) is 0 Å². The first-order chi connectivity index (χ1) is 14.2. The molecule has 4 aromatic carbocycles. The van der Waals surface area contributed by atoms with E-state index in [0.29, 0.717) is 0 Å². The summed E-state index contributed by atoms with van der Waals surface area (Å²) in [6.07, 6.45) is -0.198. The van der Waals surface area contributed by atoms with Crippen molar-refractivity contribution in [3.8, 4) is 5.75 Å². The number of rotatable bonds is 6. The van der Waals surface area contributed by atoms with E-state index >= 15 is 0 Å². The third-order valence-corrected chi connectivity index (χ3v) is 5.26. The molecule has 0 aliphatic rings. The molecule has 29 heavy (non-hydrogen) atoms. The Labute approximate surface area is 172 Å². The summed E-state index contributed by atoms with van der Waals surface area (Å²) in [6, 6.07) is 38.2. The van der Waals surface area contributed by atoms with E-state index in [1.165, 1.54) is 0 Å². The quantitative estimate of drug-likeness (QED) is 0.389. The first-order valence-electron chi connectivity index (χ1n) is 9.83. The van der Waals surface area contributed by atoms with Gasteiger partial charge in [-0.3, -0.25) is 0 Å². The molecule has 1 N–H and O–H groups in total. The van der Waals surface area contributed by atoms with E-state index in [4.69, 9.17) is 4.74 Å². The molecule has 0 spiro atoms. The summed E-state index contributed by atoms with van der Waals surface area (Å²) in [4.78, 5) is 0. The molecule has 0 aliphatic heterocycles. The van der Waals surface area contributed by atoms with Gasteiger partial charge in [-0.15, -0.1) is 0 Å². The van der Waals surface area contributed by atoms with E-state index in [0.717, 1.165) is 22.3 Å². The zero-order chi connectivity index (χ0) is 20.1. The number of hydrogen-bond acceptors (Lipinski definition) is 2. The van der Waals surface area contributed by atoms with Crippen LogP contribution < -0.4 is 0 Å². The molecule has 0 aliphatic carbocycles. The van der Waals surface area contributed by atoms with Crippen LogP contribution in [0.15, 0.2) is 115 Å². The Kier molecular flexibility index (Phi) is 5.46. The van der Waals surface area contributed by atoms with Crippen LogP contribution in [0.3, 0.4) is 0 Å². The minimum absolute atomic E-state index is 0.198. The number of ether oxygens (including phenoxy) is 1. The van der Waals surface area contributed by atoms with E-state index in [1.54, 1.807) is 12.1 Å². The lowest BCUT2D eigenvalue weighted by atomic mass is 9.79. The maximum atomic E-state index is 9.66. The second-order valence-corrected chi connectivity index (χ2v) is 7.13. The van der Waals surface area contributed by atoms with Gasteiger partial charge in [0.15, 0.2) is 0 Å². The van der Waals surface area contributed by atoms with Gasteiger partial charge in [0, 0.05) is 0 Å². The minimum Gasteiger partial charge on any atom is -0.508 e. The molecule has 2 heteroatoms. The lowest BCUT2D eigenvalue weighted by Crippen LogP contribution is -2.34. The fourth-order valence-corrected chi connectivity index (χ4v) is 3.80. The van der Waals surface area contributed by atoms with Gasteiger partial charge >= 0.3 is 0 Å². The summed E-state index contributed by atoms with van der Waals surface area (Å²) in [6.45, 7) is 2.05. The monoisotopic (exact) mass is 380 g/mol. The highest BCUT2D eigenvalue weighted by molar-refractivity contribution is 5.47. The first kappa shape index (κ1) is 19.0. The topological polar surface area (TPSA) is 29.5 Å². The van der Waals surface area contributed by atoms with Crippen LogP contribution in [0.2, 0.25) is 0 Å². The SMILES string of the molecule is CC(OC(c1ccccc1)(c1ccccc1)c1ccccc1)c1ccc(O)cc1. The van der Waals surface area contributed by atoms with Gasteiger partial charge in [0.25, 0.3) is 0 Å². The maximum Gasteiger partial charge on any atom is 0.144 e. The van der Waals surface area contributed by atoms with Gasteiger partial charge < -0.3 is 9.84 Å². The highest BCUT2D eigenvalue weighted by Gasteiger charge is 2.39. The predicted molar refractivity (Wildman–Crippen MR) is 117 cm³/mol. The molecule has 144 valence electrons. The molecule has 0 heterocycles. The average molecular weight is 380 g/mol. The molecule has 4 aromatic rings. The van der Waals surface area contributed by atoms with Crippen LogP contribution in [0.1, 0.15) is 35.3 Å². The van der Waals surface area contributed by atoms with Gasteiger partial charge in [-0.2, -0.15) is 0 Å². The lowest BCUT2D eigenvalue weighted by Gasteiger charge is -2.38. The number of benzene rings is 4. The standard InChI is InChI=1S/C27H24O2/c1-21(22-17-19-26(28)20-18-22)29-27(23-11-5-2-6-12-23,24-13-7-3-8-14-24)25-15-9-4-10-16-25/h2-21,28H,1H3. The molecule has 1 atom stereocenters. The van der Waals surface area contributed by atoms with E-state index in [1.807, 2.05) is 66.7 Å². The molecule has 0 bridgehead atoms. The fraction of sp³-hybridized carbons (Fsp3) is 0.111. The molecule has 0 aromatic heterocycles. The Morgan fingerprint density at radius 3 is 1.34 bits per heavy atom. The number of hydrogen-bond donors (Lipinski definition) is 1. The van der Waals surface area contributed by atoms with Crippen LogP contribution in [-0.4, -0.2) is 5.11 Å². The summed E-state index contributed by atoms with van der Waals surface area (Å²) in [5.74, 6) is 0.251. The average Bonchev–Trinajstić information content (AvgIpc) is 2.79. The molecule has 0 fully saturated rings. The Balaban J connectivity index is 1.91. The predicted octanol–water partition coefficient (Wildman–Crippen LogP) is 6.46. The number of phenols is 1. The third-order valence-electron chi connectivity index (χ3n) is 5.26. The summed E-state index contributed by atoms with van der Waals surface area (Å²) in [7, 11) is 0. The summed E-state index contributed by atoms with van der Waals surface area (Å²) in [5.41, 5.74) is 3.46. The second kappa shape index (κ2) is 8.34. The molecule has 0 saturated carbocycles. The van der Waals surface area contributed by atoms with Gasteiger partial charge in [0.1, 0.15) is 11.4 Å². The van der Waals surface area contributed by atoms with Gasteiger partial charge in [-0.1, -0.05) is 103 Å². The maximum absolute atomic E-state index is 9.66. The van der Waals surface area contributed by atoms with Crippen LogP contribution in [0.5, 0.6) is 5.75 Å². The number of aromatic hydroxyl groups is 1. The van der Waals surface area contributed by atoms with Gasteiger partial charge in [-0.05, 0) is 41.3 Å².